The molecule has 0 bridgehead atoms. The molecule has 1 fully saturated rings. The number of alkyl halides is 3. The summed E-state index contributed by atoms with van der Waals surface area (Å²) in [5, 5.41) is 0. The molecule has 1 amide bonds. The maximum Gasteiger partial charge on any atom is 0.433 e. The fourth-order valence-electron chi connectivity index (χ4n) is 2.16. The van der Waals surface area contributed by atoms with Gasteiger partial charge in [-0.05, 0) is 0 Å². The van der Waals surface area contributed by atoms with Gasteiger partial charge in [0.15, 0.2) is 5.69 Å². The molecule has 122 valence electrons. The molecule has 1 saturated heterocycles. The van der Waals surface area contributed by atoms with Gasteiger partial charge in [0.25, 0.3) is 0 Å². The first-order valence-electron chi connectivity index (χ1n) is 6.82. The highest BCUT2D eigenvalue weighted by Crippen LogP contribution is 2.31. The summed E-state index contributed by atoms with van der Waals surface area (Å²) in [5.41, 5.74) is -0.963. The Morgan fingerprint density at radius 3 is 2.23 bits per heavy atom. The highest BCUT2D eigenvalue weighted by atomic mass is 19.4. The lowest BCUT2D eigenvalue weighted by Gasteiger charge is -2.34. The highest BCUT2D eigenvalue weighted by Gasteiger charge is 2.34. The Kier molecular flexibility index (Phi) is 4.43. The lowest BCUT2D eigenvalue weighted by Crippen LogP contribution is -2.48. The molecule has 2 rings (SSSR count). The van der Waals surface area contributed by atoms with E-state index in [2.05, 4.69) is 9.97 Å². The number of carbonyl (C=O) groups is 1. The number of piperazine rings is 1. The van der Waals surface area contributed by atoms with E-state index in [0.29, 0.717) is 26.2 Å². The molecule has 0 N–H and O–H groups in total. The Bertz CT molecular complexity index is 553. The van der Waals surface area contributed by atoms with Gasteiger partial charge in [-0.1, -0.05) is 0 Å². The van der Waals surface area contributed by atoms with Gasteiger partial charge in [0.05, 0.1) is 0 Å². The van der Waals surface area contributed by atoms with Crippen molar-refractivity contribution >= 4 is 17.7 Å². The average Bonchev–Trinajstić information content (AvgIpc) is 2.46. The molecule has 1 aromatic heterocycles. The van der Waals surface area contributed by atoms with E-state index in [1.807, 2.05) is 0 Å². The van der Waals surface area contributed by atoms with Crippen LogP contribution in [0.4, 0.5) is 24.9 Å². The van der Waals surface area contributed by atoms with Crippen molar-refractivity contribution < 1.29 is 18.0 Å². The van der Waals surface area contributed by atoms with Gasteiger partial charge in [0, 0.05) is 53.3 Å². The zero-order valence-corrected chi connectivity index (χ0v) is 12.7. The normalized spacial score (nSPS) is 15.9. The third kappa shape index (κ3) is 3.58. The molecule has 0 aromatic carbocycles. The van der Waals surface area contributed by atoms with Crippen LogP contribution in [0.15, 0.2) is 6.07 Å². The van der Waals surface area contributed by atoms with Crippen LogP contribution < -0.4 is 9.80 Å². The van der Waals surface area contributed by atoms with Crippen LogP contribution in [0.2, 0.25) is 0 Å². The van der Waals surface area contributed by atoms with E-state index in [1.54, 1.807) is 23.9 Å². The van der Waals surface area contributed by atoms with Crippen LogP contribution in [-0.2, 0) is 11.0 Å². The number of rotatable bonds is 2. The third-order valence-electron chi connectivity index (χ3n) is 3.46. The summed E-state index contributed by atoms with van der Waals surface area (Å²) in [6, 6.07) is 0.926. The SMILES string of the molecule is CC(=O)N1CCN(c2nc(N(C)C)cc(C(F)(F)F)n2)CC1. The van der Waals surface area contributed by atoms with Crippen molar-refractivity contribution in [3.63, 3.8) is 0 Å². The lowest BCUT2D eigenvalue weighted by molar-refractivity contribution is -0.141. The highest BCUT2D eigenvalue weighted by molar-refractivity contribution is 5.73. The van der Waals surface area contributed by atoms with E-state index >= 15 is 0 Å². The van der Waals surface area contributed by atoms with Gasteiger partial charge in [-0.15, -0.1) is 0 Å². The Hall–Kier alpha value is -2.06. The minimum Gasteiger partial charge on any atom is -0.363 e. The van der Waals surface area contributed by atoms with Crippen LogP contribution in [0.1, 0.15) is 12.6 Å². The van der Waals surface area contributed by atoms with E-state index in [-0.39, 0.29) is 17.7 Å². The Labute approximate surface area is 126 Å². The monoisotopic (exact) mass is 317 g/mol. The maximum absolute atomic E-state index is 13.0. The fourth-order valence-corrected chi connectivity index (χ4v) is 2.16. The molecule has 0 saturated carbocycles. The number of amides is 1. The van der Waals surface area contributed by atoms with Crippen molar-refractivity contribution in [1.29, 1.82) is 0 Å². The molecule has 0 radical (unpaired) electrons. The zero-order chi connectivity index (χ0) is 16.5. The molecule has 1 aliphatic rings. The first-order chi connectivity index (χ1) is 10.2. The minimum absolute atomic E-state index is 0.0430. The molecule has 22 heavy (non-hydrogen) atoms. The molecule has 0 aliphatic carbocycles. The molecule has 1 aliphatic heterocycles. The minimum atomic E-state index is -4.52. The third-order valence-corrected chi connectivity index (χ3v) is 3.46. The second-order valence-electron chi connectivity index (χ2n) is 5.30. The van der Waals surface area contributed by atoms with Gasteiger partial charge >= 0.3 is 6.18 Å². The number of hydrogen-bond acceptors (Lipinski definition) is 5. The maximum atomic E-state index is 13.0. The first kappa shape index (κ1) is 16.3. The van der Waals surface area contributed by atoms with Crippen molar-refractivity contribution in [2.24, 2.45) is 0 Å². The van der Waals surface area contributed by atoms with Gasteiger partial charge in [-0.25, -0.2) is 4.98 Å². The predicted molar refractivity (Wildman–Crippen MR) is 75.8 cm³/mol. The number of halogens is 3. The van der Waals surface area contributed by atoms with Gasteiger partial charge in [0.1, 0.15) is 5.82 Å². The molecule has 9 heteroatoms. The van der Waals surface area contributed by atoms with Crippen LogP contribution in [-0.4, -0.2) is 61.0 Å². The van der Waals surface area contributed by atoms with E-state index < -0.39 is 11.9 Å². The van der Waals surface area contributed by atoms with Crippen molar-refractivity contribution in [1.82, 2.24) is 14.9 Å². The Balaban J connectivity index is 2.27. The lowest BCUT2D eigenvalue weighted by atomic mass is 10.3. The summed E-state index contributed by atoms with van der Waals surface area (Å²) in [7, 11) is 3.25. The first-order valence-corrected chi connectivity index (χ1v) is 6.82. The molecule has 0 atom stereocenters. The van der Waals surface area contributed by atoms with E-state index in [1.165, 1.54) is 11.8 Å². The number of aromatic nitrogens is 2. The number of nitrogens with zero attached hydrogens (tertiary/aromatic N) is 5. The molecular formula is C13H18F3N5O. The largest absolute Gasteiger partial charge is 0.433 e. The summed E-state index contributed by atoms with van der Waals surface area (Å²) < 4.78 is 38.9. The van der Waals surface area contributed by atoms with Gasteiger partial charge in [-0.2, -0.15) is 18.2 Å². The van der Waals surface area contributed by atoms with Crippen molar-refractivity contribution in [2.75, 3.05) is 50.1 Å². The Morgan fingerprint density at radius 1 is 1.18 bits per heavy atom. The van der Waals surface area contributed by atoms with Crippen molar-refractivity contribution in [3.05, 3.63) is 11.8 Å². The van der Waals surface area contributed by atoms with Gasteiger partial charge in [-0.3, -0.25) is 4.79 Å². The average molecular weight is 317 g/mol. The summed E-state index contributed by atoms with van der Waals surface area (Å²) in [6.45, 7) is 3.20. The molecular weight excluding hydrogens is 299 g/mol. The second kappa shape index (κ2) is 5.98. The van der Waals surface area contributed by atoms with Crippen LogP contribution in [0.3, 0.4) is 0 Å². The van der Waals surface area contributed by atoms with Crippen molar-refractivity contribution in [3.8, 4) is 0 Å². The molecule has 6 nitrogen and oxygen atoms in total. The van der Waals surface area contributed by atoms with Gasteiger partial charge in [0.2, 0.25) is 11.9 Å². The number of anilines is 2. The summed E-state index contributed by atoms with van der Waals surface area (Å²) in [5.74, 6) is 0.201. The van der Waals surface area contributed by atoms with Crippen LogP contribution in [0, 0.1) is 0 Å². The second-order valence-corrected chi connectivity index (χ2v) is 5.30. The number of carbonyl (C=O) groups excluding carboxylic acids is 1. The molecule has 1 aromatic rings. The quantitative estimate of drug-likeness (QED) is 0.821. The predicted octanol–water partition coefficient (Wildman–Crippen LogP) is 1.23. The zero-order valence-electron chi connectivity index (χ0n) is 12.7. The van der Waals surface area contributed by atoms with Crippen LogP contribution in [0.5, 0.6) is 0 Å². The standard InChI is InChI=1S/C13H18F3N5O/c1-9(22)20-4-6-21(7-5-20)12-17-10(13(14,15)16)8-11(18-12)19(2)3/h8H,4-7H2,1-3H3. The molecule has 0 unspecified atom stereocenters. The summed E-state index contributed by atoms with van der Waals surface area (Å²) >= 11 is 0. The molecule has 2 heterocycles. The smallest absolute Gasteiger partial charge is 0.363 e. The van der Waals surface area contributed by atoms with Crippen molar-refractivity contribution in [2.45, 2.75) is 13.1 Å². The fraction of sp³-hybridized carbons (Fsp3) is 0.615. The van der Waals surface area contributed by atoms with Crippen LogP contribution in [0.25, 0.3) is 0 Å². The Morgan fingerprint density at radius 2 is 1.77 bits per heavy atom. The summed E-state index contributed by atoms with van der Waals surface area (Å²) in [6.07, 6.45) is -4.52. The van der Waals surface area contributed by atoms with E-state index in [4.69, 9.17) is 0 Å². The van der Waals surface area contributed by atoms with E-state index in [0.717, 1.165) is 6.07 Å². The van der Waals surface area contributed by atoms with Gasteiger partial charge < -0.3 is 14.7 Å². The van der Waals surface area contributed by atoms with E-state index in [9.17, 15) is 18.0 Å². The number of hydrogen-bond donors (Lipinski definition) is 0. The molecule has 0 spiro atoms. The summed E-state index contributed by atoms with van der Waals surface area (Å²) in [4.78, 5) is 23.9. The van der Waals surface area contributed by atoms with Crippen LogP contribution >= 0.6 is 0 Å². The topological polar surface area (TPSA) is 52.6 Å².